The van der Waals surface area contributed by atoms with Crippen LogP contribution in [0.3, 0.4) is 0 Å². The van der Waals surface area contributed by atoms with E-state index in [1.807, 2.05) is 63.3 Å². The van der Waals surface area contributed by atoms with E-state index in [4.69, 9.17) is 23.5 Å². The number of aryl methyl sites for hydroxylation is 2. The molecule has 16 nitrogen and oxygen atoms in total. The maximum Gasteiger partial charge on any atom is 0.406 e. The number of nitrogens with one attached hydrogen (secondary N) is 3. The minimum Gasteiger partial charge on any atom is -0.495 e. The topological polar surface area (TPSA) is 162 Å². The van der Waals surface area contributed by atoms with Gasteiger partial charge in [0.25, 0.3) is 11.5 Å². The zero-order chi connectivity index (χ0) is 52.3. The van der Waals surface area contributed by atoms with E-state index < -0.39 is 12.7 Å². The van der Waals surface area contributed by atoms with Gasteiger partial charge in [0.1, 0.15) is 18.1 Å². The van der Waals surface area contributed by atoms with Gasteiger partial charge in [-0.3, -0.25) is 9.59 Å². The lowest BCUT2D eigenvalue weighted by Gasteiger charge is -2.30. The zero-order valence-corrected chi connectivity index (χ0v) is 43.4. The molecule has 0 atom stereocenters. The predicted molar refractivity (Wildman–Crippen MR) is 279 cm³/mol. The summed E-state index contributed by atoms with van der Waals surface area (Å²) in [6, 6.07) is 19.9. The number of fused-ring (bicyclic) bond motifs is 1. The van der Waals surface area contributed by atoms with Gasteiger partial charge in [-0.05, 0) is 126 Å². The average Bonchev–Trinajstić information content (AvgIpc) is 3.90. The number of nitrogens with zero attached hydrogens (tertiary/aromatic N) is 6. The van der Waals surface area contributed by atoms with Crippen molar-refractivity contribution in [2.24, 2.45) is 0 Å². The van der Waals surface area contributed by atoms with Crippen molar-refractivity contribution in [3.63, 3.8) is 0 Å². The third kappa shape index (κ3) is 16.8. The first-order chi connectivity index (χ1) is 35.2. The first-order valence-corrected chi connectivity index (χ1v) is 25.1. The monoisotopic (exact) mass is 1030 g/mol. The van der Waals surface area contributed by atoms with Crippen LogP contribution in [0.25, 0.3) is 22.0 Å². The molecule has 0 spiro atoms. The largest absolute Gasteiger partial charge is 0.495 e. The smallest absolute Gasteiger partial charge is 0.406 e. The summed E-state index contributed by atoms with van der Waals surface area (Å²) in [5.41, 5.74) is 5.32. The predicted octanol–water partition coefficient (Wildman–Crippen LogP) is 8.25. The third-order valence-corrected chi connectivity index (χ3v) is 12.6. The molecule has 7 rings (SSSR count). The van der Waals surface area contributed by atoms with E-state index >= 15 is 0 Å². The van der Waals surface area contributed by atoms with Crippen LogP contribution < -0.4 is 31.0 Å². The lowest BCUT2D eigenvalue weighted by Crippen LogP contribution is -2.36. The first-order valence-electron chi connectivity index (χ1n) is 24.3. The number of carbonyl (C=O) groups excluding carboxylic acids is 1. The van der Waals surface area contributed by atoms with Crippen molar-refractivity contribution in [2.75, 3.05) is 97.6 Å². The molecule has 73 heavy (non-hydrogen) atoms. The summed E-state index contributed by atoms with van der Waals surface area (Å²) in [6.07, 6.45) is 0.841. The second-order valence-electron chi connectivity index (χ2n) is 17.1. The highest BCUT2D eigenvalue weighted by Crippen LogP contribution is 2.33. The summed E-state index contributed by atoms with van der Waals surface area (Å²) in [6.45, 7) is 11.1. The highest BCUT2D eigenvalue weighted by Gasteiger charge is 2.30. The molecule has 1 aliphatic heterocycles. The van der Waals surface area contributed by atoms with Gasteiger partial charge in [0, 0.05) is 70.8 Å². The number of hydrogen-bond acceptors (Lipinski definition) is 14. The molecule has 3 N–H and O–H groups in total. The Kier molecular flexibility index (Phi) is 21.0. The van der Waals surface area contributed by atoms with Crippen LogP contribution in [0.4, 0.5) is 24.5 Å². The Balaban J connectivity index is 0.00000429. The molecule has 1 amide bonds. The number of alkyl halides is 3. The van der Waals surface area contributed by atoms with Gasteiger partial charge >= 0.3 is 6.18 Å². The number of likely N-dealkylation sites (N-methyl/N-ethyl adjacent to an activating group) is 1. The van der Waals surface area contributed by atoms with Crippen LogP contribution >= 0.6 is 11.9 Å². The number of piperidine rings is 1. The molecule has 392 valence electrons. The van der Waals surface area contributed by atoms with Crippen LogP contribution in [0.5, 0.6) is 11.6 Å². The maximum atomic E-state index is 13.8. The number of likely N-dealkylation sites (tertiary alicyclic amines) is 1. The van der Waals surface area contributed by atoms with Crippen molar-refractivity contribution in [1.82, 2.24) is 33.8 Å². The molecule has 0 bridgehead atoms. The summed E-state index contributed by atoms with van der Waals surface area (Å²) in [7, 11) is 5.62. The van der Waals surface area contributed by atoms with Crippen LogP contribution in [-0.2, 0) is 27.4 Å². The molecular weight excluding hydrogens is 964 g/mol. The Labute approximate surface area is 429 Å². The Bertz CT molecular complexity index is 2830. The fourth-order valence-electron chi connectivity index (χ4n) is 8.10. The van der Waals surface area contributed by atoms with Gasteiger partial charge < -0.3 is 53.5 Å². The van der Waals surface area contributed by atoms with Gasteiger partial charge in [0.2, 0.25) is 5.88 Å². The highest BCUT2D eigenvalue weighted by atomic mass is 32.2. The van der Waals surface area contributed by atoms with Gasteiger partial charge in [-0.2, -0.15) is 13.2 Å². The number of carbonyl (C=O) groups is 1. The van der Waals surface area contributed by atoms with Crippen LogP contribution in [0.15, 0.2) is 93.3 Å². The second kappa shape index (κ2) is 27.5. The second-order valence-corrected chi connectivity index (χ2v) is 18.4. The van der Waals surface area contributed by atoms with Gasteiger partial charge in [-0.25, -0.2) is 9.29 Å². The number of aromatic nitrogens is 4. The number of ether oxygens (including phenoxy) is 4. The van der Waals surface area contributed by atoms with Crippen molar-refractivity contribution in [2.45, 2.75) is 70.7 Å². The van der Waals surface area contributed by atoms with E-state index in [2.05, 4.69) is 49.9 Å². The Hall–Kier alpha value is -6.50. The van der Waals surface area contributed by atoms with E-state index in [-0.39, 0.29) is 43.1 Å². The standard InChI is InChI=1S/C51H60F3N9O7S.C2H6/c1-35-50(36(2)70-59-35)38-11-14-49(65)62(32-38)31-37-15-19-57-48(28-37)69-33-47(64)56-20-24-67-26-27-68-25-23-61(4)71-41-12-13-44(46(30-41)66-5)55-18-7-8-40-29-42-43(58-39-16-21-60(3)22-17-39)9-6-10-45(42)63(40)34-51(52,53)54;1-2/h6,9-15,19,28-30,32,39,55,58H,16-18,20-27,31,33-34H2,1-5H3,(H,56,64);1-2H3. The molecule has 20 heteroatoms. The van der Waals surface area contributed by atoms with Crippen molar-refractivity contribution in [1.29, 1.82) is 0 Å². The molecule has 1 aliphatic rings. The van der Waals surface area contributed by atoms with E-state index in [9.17, 15) is 22.8 Å². The number of amides is 1. The van der Waals surface area contributed by atoms with Gasteiger partial charge in [-0.15, -0.1) is 0 Å². The minimum absolute atomic E-state index is 0.170. The molecule has 0 unspecified atom stereocenters. The van der Waals surface area contributed by atoms with Crippen molar-refractivity contribution in [3.05, 3.63) is 112 Å². The Morgan fingerprint density at radius 2 is 1.77 bits per heavy atom. The van der Waals surface area contributed by atoms with Crippen molar-refractivity contribution < 1.29 is 41.4 Å². The van der Waals surface area contributed by atoms with Crippen LogP contribution in [0, 0.1) is 25.7 Å². The lowest BCUT2D eigenvalue weighted by molar-refractivity contribution is -0.140. The number of benzene rings is 2. The van der Waals surface area contributed by atoms with E-state index in [0.717, 1.165) is 64.3 Å². The van der Waals surface area contributed by atoms with Gasteiger partial charge in [0.05, 0.1) is 69.2 Å². The van der Waals surface area contributed by atoms with Crippen LogP contribution in [-0.4, -0.2) is 134 Å². The van der Waals surface area contributed by atoms with Crippen LogP contribution in [0.1, 0.15) is 49.4 Å². The molecule has 6 aromatic rings. The molecule has 0 radical (unpaired) electrons. The number of pyridine rings is 2. The third-order valence-electron chi connectivity index (χ3n) is 11.7. The zero-order valence-electron chi connectivity index (χ0n) is 42.6. The summed E-state index contributed by atoms with van der Waals surface area (Å²) in [5.74, 6) is 7.21. The molecule has 5 heterocycles. The van der Waals surface area contributed by atoms with Crippen molar-refractivity contribution in [3.8, 4) is 34.6 Å². The molecular formula is C53H66F3N9O7S. The fourth-order valence-corrected chi connectivity index (χ4v) is 8.92. The quantitative estimate of drug-likeness (QED) is 0.0320. The van der Waals surface area contributed by atoms with E-state index in [1.165, 1.54) is 22.6 Å². The number of rotatable bonds is 23. The van der Waals surface area contributed by atoms with Gasteiger partial charge in [0.15, 0.2) is 6.61 Å². The van der Waals surface area contributed by atoms with Crippen LogP contribution in [0.2, 0.25) is 0 Å². The fraction of sp³-hybridized carbons (Fsp3) is 0.434. The molecule has 0 aliphatic carbocycles. The summed E-state index contributed by atoms with van der Waals surface area (Å²) in [5, 5.41) is 14.3. The summed E-state index contributed by atoms with van der Waals surface area (Å²) in [4.78, 5) is 32.5. The minimum atomic E-state index is -4.41. The molecule has 0 saturated carbocycles. The number of anilines is 2. The molecule has 1 fully saturated rings. The molecule has 1 saturated heterocycles. The Morgan fingerprint density at radius 1 is 0.986 bits per heavy atom. The van der Waals surface area contributed by atoms with E-state index in [1.54, 1.807) is 60.5 Å². The highest BCUT2D eigenvalue weighted by molar-refractivity contribution is 7.97. The first kappa shape index (κ1) is 55.8. The molecule has 2 aromatic carbocycles. The number of hydrogen-bond donors (Lipinski definition) is 3. The normalized spacial score (nSPS) is 13.0. The van der Waals surface area contributed by atoms with Gasteiger partial charge in [-0.1, -0.05) is 31.0 Å². The van der Waals surface area contributed by atoms with E-state index in [0.29, 0.717) is 67.9 Å². The summed E-state index contributed by atoms with van der Waals surface area (Å²) >= 11 is 1.52. The average molecular weight is 1030 g/mol. The molecule has 4 aromatic heterocycles. The Morgan fingerprint density at radius 3 is 2.51 bits per heavy atom. The maximum absolute atomic E-state index is 13.8. The van der Waals surface area contributed by atoms with Crippen molar-refractivity contribution >= 4 is 40.1 Å². The SMILES string of the molecule is CC.COc1cc(SN(C)CCOCCOCCNC(=O)COc2cc(Cn3cc(-c4c(C)noc4C)ccc3=O)ccn2)ccc1NCC#Cc1cc2c(NC3CCN(C)CC3)cccc2n1CC(F)(F)F. The number of halogens is 3. The number of methoxy groups -OCH3 is 1. The lowest BCUT2D eigenvalue weighted by atomic mass is 10.0. The summed E-state index contributed by atoms with van der Waals surface area (Å²) < 4.78 is 74.1.